The van der Waals surface area contributed by atoms with Crippen molar-refractivity contribution in [3.8, 4) is 21.7 Å². The van der Waals surface area contributed by atoms with Gasteiger partial charge in [-0.25, -0.2) is 19.6 Å². The molecular weight excluding hydrogens is 697 g/mol. The molecule has 3 atom stereocenters. The Morgan fingerprint density at radius 2 is 1.79 bits per heavy atom. The second kappa shape index (κ2) is 16.6. The summed E-state index contributed by atoms with van der Waals surface area (Å²) in [6, 6.07) is 14.9. The molecule has 0 saturated heterocycles. The van der Waals surface area contributed by atoms with Crippen LogP contribution < -0.4 is 20.9 Å². The van der Waals surface area contributed by atoms with E-state index in [1.807, 2.05) is 81.3 Å². The predicted molar refractivity (Wildman–Crippen MR) is 204 cm³/mol. The molecule has 1 aliphatic rings. The highest BCUT2D eigenvalue weighted by Gasteiger charge is 2.42. The summed E-state index contributed by atoms with van der Waals surface area (Å²) in [5.74, 6) is -2.87. The standard InChI is InChI=1S/C39H46N6O7S/c1-7-40-37(50)43-32-16-25(35-42-29(21-53-35)33(22(2)3)44-38(51)52-20-23-11-9-8-10-12-23)27(17-41-32)24-13-14-30-26(15-24)34(47)28(36(48)49)18-45(30)31(19-46)39(4,5)6/h8-17,21-22,28,31,33,46H,7,18-20H2,1-6H3,(H,44,51)(H,48,49)(H2,40,41,43,50)/t28?,31-,33-/m1/s1. The number of alkyl carbamates (subject to hydrolysis) is 1. The van der Waals surface area contributed by atoms with Crippen LogP contribution in [0, 0.1) is 17.3 Å². The number of ketones is 1. The summed E-state index contributed by atoms with van der Waals surface area (Å²) in [6.07, 6.45) is 0.993. The van der Waals surface area contributed by atoms with Gasteiger partial charge in [0.2, 0.25) is 0 Å². The smallest absolute Gasteiger partial charge is 0.408 e. The molecule has 4 aromatic rings. The molecule has 13 nitrogen and oxygen atoms in total. The first-order valence-corrected chi connectivity index (χ1v) is 18.4. The molecule has 0 radical (unpaired) electrons. The van der Waals surface area contributed by atoms with Crippen LogP contribution in [0.5, 0.6) is 0 Å². The van der Waals surface area contributed by atoms with Crippen LogP contribution in [0.2, 0.25) is 0 Å². The summed E-state index contributed by atoms with van der Waals surface area (Å²) in [7, 11) is 0. The first-order valence-electron chi connectivity index (χ1n) is 17.5. The Labute approximate surface area is 312 Å². The van der Waals surface area contributed by atoms with E-state index in [0.29, 0.717) is 39.6 Å². The number of carboxylic acids is 1. The topological polar surface area (TPSA) is 183 Å². The van der Waals surface area contributed by atoms with Gasteiger partial charge in [-0.2, -0.15) is 0 Å². The van der Waals surface area contributed by atoms with Crippen LogP contribution in [0.1, 0.15) is 69.2 Å². The third kappa shape index (κ3) is 9.00. The van der Waals surface area contributed by atoms with Gasteiger partial charge in [0.05, 0.1) is 24.4 Å². The quantitative estimate of drug-likeness (QED) is 0.0974. The average molecular weight is 743 g/mol. The van der Waals surface area contributed by atoms with E-state index >= 15 is 0 Å². The molecule has 0 aliphatic carbocycles. The highest BCUT2D eigenvalue weighted by atomic mass is 32.1. The number of fused-ring (bicyclic) bond motifs is 1. The third-order valence-electron chi connectivity index (χ3n) is 9.13. The first-order chi connectivity index (χ1) is 25.2. The fraction of sp³-hybridized carbons (Fsp3) is 0.385. The summed E-state index contributed by atoms with van der Waals surface area (Å²) < 4.78 is 5.49. The number of aromatic nitrogens is 2. The molecule has 5 N–H and O–H groups in total. The number of carbonyl (C=O) groups is 4. The molecule has 3 heterocycles. The Morgan fingerprint density at radius 1 is 1.06 bits per heavy atom. The molecule has 0 bridgehead atoms. The van der Waals surface area contributed by atoms with Crippen molar-refractivity contribution in [1.29, 1.82) is 0 Å². The Hall–Kier alpha value is -5.34. The van der Waals surface area contributed by atoms with Crippen molar-refractivity contribution >= 4 is 46.7 Å². The van der Waals surface area contributed by atoms with Crippen LogP contribution in [0.3, 0.4) is 0 Å². The van der Waals surface area contributed by atoms with Crippen LogP contribution in [0.4, 0.5) is 21.1 Å². The number of nitrogens with zero attached hydrogens (tertiary/aromatic N) is 3. The molecule has 1 aliphatic heterocycles. The number of Topliss-reactive ketones (excluding diaryl/α,β-unsaturated/α-hetero) is 1. The van der Waals surface area contributed by atoms with Crippen LogP contribution in [-0.4, -0.2) is 69.8 Å². The average Bonchev–Trinajstić information content (AvgIpc) is 3.60. The summed E-state index contributed by atoms with van der Waals surface area (Å²) in [5, 5.41) is 31.2. The summed E-state index contributed by atoms with van der Waals surface area (Å²) in [5.41, 5.74) is 3.55. The lowest BCUT2D eigenvalue weighted by Crippen LogP contribution is -2.53. The Bertz CT molecular complexity index is 1960. The number of pyridine rings is 1. The van der Waals surface area contributed by atoms with Gasteiger partial charge in [-0.3, -0.25) is 14.9 Å². The van der Waals surface area contributed by atoms with Crippen LogP contribution in [-0.2, 0) is 16.1 Å². The lowest BCUT2D eigenvalue weighted by molar-refractivity contribution is -0.139. The number of nitrogens with one attached hydrogen (secondary N) is 3. The number of carbonyl (C=O) groups excluding carboxylic acids is 3. The second-order valence-electron chi connectivity index (χ2n) is 14.3. The van der Waals surface area contributed by atoms with Gasteiger partial charge >= 0.3 is 18.1 Å². The van der Waals surface area contributed by atoms with Gasteiger partial charge in [0, 0.05) is 47.0 Å². The fourth-order valence-electron chi connectivity index (χ4n) is 6.32. The number of amides is 3. The van der Waals surface area contributed by atoms with Crippen LogP contribution >= 0.6 is 11.3 Å². The summed E-state index contributed by atoms with van der Waals surface area (Å²) in [4.78, 5) is 62.6. The number of aliphatic carboxylic acids is 1. The van der Waals surface area contributed by atoms with Gasteiger partial charge in [-0.1, -0.05) is 71.0 Å². The maximum absolute atomic E-state index is 13.7. The van der Waals surface area contributed by atoms with E-state index in [2.05, 4.69) is 20.9 Å². The third-order valence-corrected chi connectivity index (χ3v) is 10.0. The molecule has 2 aromatic heterocycles. The van der Waals surface area contributed by atoms with Crippen molar-refractivity contribution in [1.82, 2.24) is 20.6 Å². The second-order valence-corrected chi connectivity index (χ2v) is 15.2. The predicted octanol–water partition coefficient (Wildman–Crippen LogP) is 6.75. The Morgan fingerprint density at radius 3 is 2.43 bits per heavy atom. The SMILES string of the molecule is CCNC(=O)Nc1cc(-c2nc([C@H](NC(=O)OCc3ccccc3)C(C)C)cs2)c(-c2ccc3c(c2)C(=O)C(C(=O)O)CN3[C@H](CO)C(C)(C)C)cn1. The van der Waals surface area contributed by atoms with Gasteiger partial charge in [0.1, 0.15) is 23.4 Å². The number of hydrogen-bond acceptors (Lipinski definition) is 10. The van der Waals surface area contributed by atoms with Gasteiger partial charge in [0.25, 0.3) is 0 Å². The van der Waals surface area contributed by atoms with Crippen molar-refractivity contribution in [2.45, 2.75) is 60.2 Å². The van der Waals surface area contributed by atoms with E-state index in [9.17, 15) is 29.4 Å². The molecule has 3 amide bonds. The van der Waals surface area contributed by atoms with E-state index in [1.165, 1.54) is 11.3 Å². The Kier molecular flexibility index (Phi) is 12.1. The normalized spacial score (nSPS) is 15.4. The molecule has 0 fully saturated rings. The van der Waals surface area contributed by atoms with E-state index in [4.69, 9.17) is 9.72 Å². The molecule has 5 rings (SSSR count). The van der Waals surface area contributed by atoms with E-state index in [-0.39, 0.29) is 37.1 Å². The number of thiazole rings is 1. The zero-order chi connectivity index (χ0) is 38.4. The van der Waals surface area contributed by atoms with Crippen LogP contribution in [0.15, 0.2) is 66.2 Å². The van der Waals surface area contributed by atoms with Crippen molar-refractivity contribution in [3.05, 3.63) is 83.0 Å². The highest BCUT2D eigenvalue weighted by molar-refractivity contribution is 7.13. The number of ether oxygens (including phenoxy) is 1. The number of carboxylic acid groups (broad SMARTS) is 1. The van der Waals surface area contributed by atoms with E-state index < -0.39 is 47.3 Å². The van der Waals surface area contributed by atoms with Crippen LogP contribution in [0.25, 0.3) is 21.7 Å². The number of benzene rings is 2. The minimum atomic E-state index is -1.32. The molecule has 0 spiro atoms. The number of aliphatic hydroxyl groups excluding tert-OH is 1. The number of rotatable bonds is 12. The summed E-state index contributed by atoms with van der Waals surface area (Å²) >= 11 is 1.34. The van der Waals surface area contributed by atoms with Crippen molar-refractivity contribution < 1.29 is 34.1 Å². The Balaban J connectivity index is 1.54. The fourth-order valence-corrected chi connectivity index (χ4v) is 7.21. The zero-order valence-corrected chi connectivity index (χ0v) is 31.5. The zero-order valence-electron chi connectivity index (χ0n) is 30.7. The van der Waals surface area contributed by atoms with Crippen molar-refractivity contribution in [2.24, 2.45) is 17.3 Å². The highest BCUT2D eigenvalue weighted by Crippen LogP contribution is 2.41. The van der Waals surface area contributed by atoms with Gasteiger partial charge in [-0.05, 0) is 47.6 Å². The number of urea groups is 1. The molecule has 53 heavy (non-hydrogen) atoms. The minimum absolute atomic E-state index is 0.0475. The van der Waals surface area contributed by atoms with Crippen molar-refractivity contribution in [2.75, 3.05) is 29.9 Å². The molecule has 0 saturated carbocycles. The number of hydrogen-bond donors (Lipinski definition) is 5. The maximum Gasteiger partial charge on any atom is 0.408 e. The molecule has 14 heteroatoms. The molecular formula is C39H46N6O7S. The minimum Gasteiger partial charge on any atom is -0.481 e. The van der Waals surface area contributed by atoms with Gasteiger partial charge in [-0.15, -0.1) is 11.3 Å². The molecule has 1 unspecified atom stereocenters. The van der Waals surface area contributed by atoms with E-state index in [1.54, 1.807) is 31.3 Å². The molecule has 2 aromatic carbocycles. The van der Waals surface area contributed by atoms with Gasteiger partial charge in [0.15, 0.2) is 5.78 Å². The number of anilines is 2. The first kappa shape index (κ1) is 38.9. The number of aliphatic hydroxyl groups is 1. The van der Waals surface area contributed by atoms with Crippen molar-refractivity contribution in [3.63, 3.8) is 0 Å². The monoisotopic (exact) mass is 742 g/mol. The largest absolute Gasteiger partial charge is 0.481 e. The maximum atomic E-state index is 13.7. The summed E-state index contributed by atoms with van der Waals surface area (Å²) in [6.45, 7) is 11.8. The van der Waals surface area contributed by atoms with E-state index in [0.717, 1.165) is 5.56 Å². The van der Waals surface area contributed by atoms with Gasteiger partial charge < -0.3 is 30.5 Å². The lowest BCUT2D eigenvalue weighted by atomic mass is 9.81. The lowest BCUT2D eigenvalue weighted by Gasteiger charge is -2.44. The molecule has 280 valence electrons.